The van der Waals surface area contributed by atoms with Crippen LogP contribution in [0.4, 0.5) is 0 Å². The fourth-order valence-corrected chi connectivity index (χ4v) is 2.48. The number of hydrogen-bond donors (Lipinski definition) is 1. The minimum absolute atomic E-state index is 0.103. The van der Waals surface area contributed by atoms with Crippen LogP contribution < -0.4 is 10.1 Å². The second kappa shape index (κ2) is 7.41. The van der Waals surface area contributed by atoms with E-state index in [1.165, 1.54) is 0 Å². The summed E-state index contributed by atoms with van der Waals surface area (Å²) in [6.45, 7) is 6.64. The van der Waals surface area contributed by atoms with Gasteiger partial charge in [-0.05, 0) is 25.1 Å². The Balaban J connectivity index is 2.15. The summed E-state index contributed by atoms with van der Waals surface area (Å²) < 4.78 is 11.1. The number of rotatable bonds is 7. The lowest BCUT2D eigenvalue weighted by molar-refractivity contribution is 0.0887. The van der Waals surface area contributed by atoms with Crippen LogP contribution in [0.5, 0.6) is 5.75 Å². The van der Waals surface area contributed by atoms with Gasteiger partial charge in [-0.3, -0.25) is 4.79 Å². The maximum absolute atomic E-state index is 12.7. The molecule has 4 heteroatoms. The minimum Gasteiger partial charge on any atom is -0.493 e. The van der Waals surface area contributed by atoms with Crippen molar-refractivity contribution in [2.24, 2.45) is 5.92 Å². The number of ether oxygens (including phenoxy) is 2. The first-order valence-electron chi connectivity index (χ1n) is 7.35. The molecule has 4 nitrogen and oxygen atoms in total. The van der Waals surface area contributed by atoms with Crippen LogP contribution in [0.25, 0.3) is 0 Å². The molecule has 110 valence electrons. The van der Waals surface area contributed by atoms with E-state index in [4.69, 9.17) is 9.47 Å². The fourth-order valence-electron chi connectivity index (χ4n) is 2.48. The van der Waals surface area contributed by atoms with E-state index in [1.54, 1.807) is 0 Å². The highest BCUT2D eigenvalue weighted by atomic mass is 16.5. The first-order valence-corrected chi connectivity index (χ1v) is 7.35. The van der Waals surface area contributed by atoms with Crippen molar-refractivity contribution >= 4 is 5.78 Å². The zero-order chi connectivity index (χ0) is 14.4. The van der Waals surface area contributed by atoms with Crippen molar-refractivity contribution in [3.8, 4) is 5.75 Å². The van der Waals surface area contributed by atoms with Gasteiger partial charge in [0.05, 0.1) is 31.3 Å². The van der Waals surface area contributed by atoms with Gasteiger partial charge in [-0.25, -0.2) is 0 Å². The van der Waals surface area contributed by atoms with Gasteiger partial charge in [0.25, 0.3) is 0 Å². The van der Waals surface area contributed by atoms with Crippen molar-refractivity contribution in [2.75, 3.05) is 26.4 Å². The van der Waals surface area contributed by atoms with Gasteiger partial charge in [0, 0.05) is 6.04 Å². The summed E-state index contributed by atoms with van der Waals surface area (Å²) in [6.07, 6.45) is 0.926. The van der Waals surface area contributed by atoms with Crippen LogP contribution in [0.15, 0.2) is 24.3 Å². The highest BCUT2D eigenvalue weighted by Gasteiger charge is 2.34. The zero-order valence-electron chi connectivity index (χ0n) is 12.2. The fraction of sp³-hybridized carbons (Fsp3) is 0.562. The van der Waals surface area contributed by atoms with Gasteiger partial charge < -0.3 is 14.8 Å². The highest BCUT2D eigenvalue weighted by molar-refractivity contribution is 6.01. The number of hydrogen-bond acceptors (Lipinski definition) is 4. The maximum Gasteiger partial charge on any atom is 0.173 e. The van der Waals surface area contributed by atoms with E-state index in [1.807, 2.05) is 31.2 Å². The molecule has 0 saturated carbocycles. The summed E-state index contributed by atoms with van der Waals surface area (Å²) in [5.74, 6) is 0.669. The standard InChI is InChI=1S/C16H23NO3/c1-3-9-20-15-8-6-5-7-12(15)16(18)13-10-19-11-14(13)17-4-2/h5-8,13-14,17H,3-4,9-11H2,1-2H3. The largest absolute Gasteiger partial charge is 0.493 e. The van der Waals surface area contributed by atoms with E-state index in [2.05, 4.69) is 12.2 Å². The van der Waals surface area contributed by atoms with Crippen molar-refractivity contribution in [2.45, 2.75) is 26.3 Å². The van der Waals surface area contributed by atoms with Crippen molar-refractivity contribution in [1.29, 1.82) is 0 Å². The molecule has 0 bridgehead atoms. The molecule has 0 spiro atoms. The van der Waals surface area contributed by atoms with Crippen LogP contribution >= 0.6 is 0 Å². The number of ketones is 1. The molecule has 0 amide bonds. The molecule has 2 rings (SSSR count). The molecule has 0 radical (unpaired) electrons. The van der Waals surface area contributed by atoms with Crippen LogP contribution in [-0.2, 0) is 4.74 Å². The van der Waals surface area contributed by atoms with Gasteiger partial charge in [-0.1, -0.05) is 26.0 Å². The summed E-state index contributed by atoms with van der Waals surface area (Å²) in [5.41, 5.74) is 0.666. The average Bonchev–Trinajstić information content (AvgIpc) is 2.93. The topological polar surface area (TPSA) is 47.6 Å². The van der Waals surface area contributed by atoms with Crippen LogP contribution in [-0.4, -0.2) is 38.2 Å². The molecule has 20 heavy (non-hydrogen) atoms. The Morgan fingerprint density at radius 2 is 2.15 bits per heavy atom. The molecule has 1 aliphatic heterocycles. The van der Waals surface area contributed by atoms with Gasteiger partial charge in [0.1, 0.15) is 5.75 Å². The molecular formula is C16H23NO3. The van der Waals surface area contributed by atoms with Gasteiger partial charge in [-0.2, -0.15) is 0 Å². The van der Waals surface area contributed by atoms with Crippen LogP contribution in [0.2, 0.25) is 0 Å². The van der Waals surface area contributed by atoms with E-state index in [0.29, 0.717) is 31.1 Å². The molecule has 1 saturated heterocycles. The summed E-state index contributed by atoms with van der Waals surface area (Å²) >= 11 is 0. The molecule has 0 aliphatic carbocycles. The Bertz CT molecular complexity index is 447. The molecule has 1 aliphatic rings. The summed E-state index contributed by atoms with van der Waals surface area (Å²) in [5, 5.41) is 3.32. The second-order valence-electron chi connectivity index (χ2n) is 5.02. The van der Waals surface area contributed by atoms with Crippen LogP contribution in [0.1, 0.15) is 30.6 Å². The second-order valence-corrected chi connectivity index (χ2v) is 5.02. The Kier molecular flexibility index (Phi) is 5.56. The van der Waals surface area contributed by atoms with Gasteiger partial charge in [-0.15, -0.1) is 0 Å². The van der Waals surface area contributed by atoms with Crippen LogP contribution in [0, 0.1) is 5.92 Å². The molecule has 1 N–H and O–H groups in total. The van der Waals surface area contributed by atoms with E-state index >= 15 is 0 Å². The number of para-hydroxylation sites is 1. The Morgan fingerprint density at radius 1 is 1.35 bits per heavy atom. The Hall–Kier alpha value is -1.39. The highest BCUT2D eigenvalue weighted by Crippen LogP contribution is 2.25. The molecule has 1 fully saturated rings. The molecule has 2 unspecified atom stereocenters. The van der Waals surface area contributed by atoms with E-state index < -0.39 is 0 Å². The van der Waals surface area contributed by atoms with Gasteiger partial charge in [0.2, 0.25) is 0 Å². The SMILES string of the molecule is CCCOc1ccccc1C(=O)C1COCC1NCC. The predicted octanol–water partition coefficient (Wildman–Crippen LogP) is 2.28. The van der Waals surface area contributed by atoms with E-state index in [9.17, 15) is 4.79 Å². The quantitative estimate of drug-likeness (QED) is 0.777. The summed E-state index contributed by atoms with van der Waals surface area (Å²) in [6, 6.07) is 7.58. The maximum atomic E-state index is 12.7. The Morgan fingerprint density at radius 3 is 2.90 bits per heavy atom. The van der Waals surface area contributed by atoms with Crippen molar-refractivity contribution in [3.05, 3.63) is 29.8 Å². The third kappa shape index (κ3) is 3.38. The smallest absolute Gasteiger partial charge is 0.173 e. The predicted molar refractivity (Wildman–Crippen MR) is 78.3 cm³/mol. The third-order valence-corrected chi connectivity index (χ3v) is 3.50. The number of carbonyl (C=O) groups is 1. The molecule has 1 aromatic rings. The van der Waals surface area contributed by atoms with E-state index in [0.717, 1.165) is 13.0 Å². The lowest BCUT2D eigenvalue weighted by Gasteiger charge is -2.18. The molecule has 2 atom stereocenters. The van der Waals surface area contributed by atoms with E-state index in [-0.39, 0.29) is 17.7 Å². The summed E-state index contributed by atoms with van der Waals surface area (Å²) in [7, 11) is 0. The first-order chi connectivity index (χ1) is 9.77. The van der Waals surface area contributed by atoms with Crippen molar-refractivity contribution in [3.63, 3.8) is 0 Å². The first kappa shape index (κ1) is 15.0. The normalized spacial score (nSPS) is 21.9. The van der Waals surface area contributed by atoms with Gasteiger partial charge in [0.15, 0.2) is 5.78 Å². The monoisotopic (exact) mass is 277 g/mol. The van der Waals surface area contributed by atoms with Crippen LogP contribution in [0.3, 0.4) is 0 Å². The van der Waals surface area contributed by atoms with Gasteiger partial charge >= 0.3 is 0 Å². The third-order valence-electron chi connectivity index (χ3n) is 3.50. The Labute approximate surface area is 120 Å². The minimum atomic E-state index is -0.124. The molecule has 1 aromatic carbocycles. The molecular weight excluding hydrogens is 254 g/mol. The number of nitrogens with one attached hydrogen (secondary N) is 1. The average molecular weight is 277 g/mol. The lowest BCUT2D eigenvalue weighted by Crippen LogP contribution is -2.39. The number of carbonyl (C=O) groups excluding carboxylic acids is 1. The summed E-state index contributed by atoms with van der Waals surface area (Å²) in [4.78, 5) is 12.7. The number of Topliss-reactive ketones (excluding diaryl/α,β-unsaturated/α-hetero) is 1. The zero-order valence-corrected chi connectivity index (χ0v) is 12.2. The molecule has 1 heterocycles. The van der Waals surface area contributed by atoms with Crippen molar-refractivity contribution < 1.29 is 14.3 Å². The lowest BCUT2D eigenvalue weighted by atomic mass is 9.93. The number of likely N-dealkylation sites (N-methyl/N-ethyl adjacent to an activating group) is 1. The number of benzene rings is 1. The van der Waals surface area contributed by atoms with Crippen molar-refractivity contribution in [1.82, 2.24) is 5.32 Å². The molecule has 0 aromatic heterocycles.